The molecule has 0 aromatic carbocycles. The van der Waals surface area contributed by atoms with Crippen molar-refractivity contribution in [2.24, 2.45) is 11.8 Å². The smallest absolute Gasteiger partial charge is 0.233 e. The zero-order valence-electron chi connectivity index (χ0n) is 10.5. The molecule has 2 aliphatic rings. The van der Waals surface area contributed by atoms with Gasteiger partial charge in [0.1, 0.15) is 0 Å². The van der Waals surface area contributed by atoms with Gasteiger partial charge in [-0.1, -0.05) is 19.1 Å². The standard InChI is InChI=1S/C13H21NOS/c1-9(2)11-6-5-10(3)7-13(11)14(4)12(15)8-16-13/h10-11H,1,5-8H2,2-4H3. The maximum Gasteiger partial charge on any atom is 0.233 e. The van der Waals surface area contributed by atoms with Crippen molar-refractivity contribution in [3.05, 3.63) is 12.2 Å². The van der Waals surface area contributed by atoms with Crippen molar-refractivity contribution < 1.29 is 4.79 Å². The van der Waals surface area contributed by atoms with Gasteiger partial charge in [0.15, 0.2) is 0 Å². The Morgan fingerprint density at radius 2 is 2.25 bits per heavy atom. The quantitative estimate of drug-likeness (QED) is 0.656. The Morgan fingerprint density at radius 3 is 2.75 bits per heavy atom. The lowest BCUT2D eigenvalue weighted by Crippen LogP contribution is -2.51. The molecule has 3 unspecified atom stereocenters. The lowest BCUT2D eigenvalue weighted by atomic mass is 9.75. The third-order valence-corrected chi connectivity index (χ3v) is 5.73. The molecule has 0 N–H and O–H groups in total. The van der Waals surface area contributed by atoms with Gasteiger partial charge >= 0.3 is 0 Å². The normalized spacial score (nSPS) is 39.4. The van der Waals surface area contributed by atoms with Gasteiger partial charge in [-0.05, 0) is 32.1 Å². The van der Waals surface area contributed by atoms with Crippen LogP contribution in [0, 0.1) is 11.8 Å². The van der Waals surface area contributed by atoms with E-state index in [2.05, 4.69) is 20.4 Å². The van der Waals surface area contributed by atoms with Gasteiger partial charge in [-0.3, -0.25) is 4.79 Å². The zero-order chi connectivity index (χ0) is 11.9. The van der Waals surface area contributed by atoms with Crippen molar-refractivity contribution in [1.29, 1.82) is 0 Å². The van der Waals surface area contributed by atoms with E-state index in [0.29, 0.717) is 11.7 Å². The summed E-state index contributed by atoms with van der Waals surface area (Å²) in [5.41, 5.74) is 1.24. The van der Waals surface area contributed by atoms with Crippen LogP contribution in [-0.4, -0.2) is 28.5 Å². The molecule has 1 saturated heterocycles. The molecule has 1 aliphatic heterocycles. The van der Waals surface area contributed by atoms with Crippen LogP contribution in [0.25, 0.3) is 0 Å². The predicted molar refractivity (Wildman–Crippen MR) is 69.3 cm³/mol. The number of hydrogen-bond acceptors (Lipinski definition) is 2. The molecule has 1 spiro atoms. The van der Waals surface area contributed by atoms with E-state index in [1.165, 1.54) is 18.4 Å². The lowest BCUT2D eigenvalue weighted by Gasteiger charge is -2.47. The molecule has 3 atom stereocenters. The predicted octanol–water partition coefficient (Wildman–Crippen LogP) is 2.90. The third kappa shape index (κ3) is 1.69. The molecule has 90 valence electrons. The van der Waals surface area contributed by atoms with Gasteiger partial charge in [0.05, 0.1) is 10.6 Å². The van der Waals surface area contributed by atoms with Gasteiger partial charge in [-0.25, -0.2) is 0 Å². The molecule has 1 amide bonds. The summed E-state index contributed by atoms with van der Waals surface area (Å²) in [6.07, 6.45) is 3.57. The zero-order valence-corrected chi connectivity index (χ0v) is 11.3. The van der Waals surface area contributed by atoms with Crippen LogP contribution in [-0.2, 0) is 4.79 Å². The highest BCUT2D eigenvalue weighted by Crippen LogP contribution is 2.53. The first kappa shape index (κ1) is 12.0. The number of nitrogens with zero attached hydrogens (tertiary/aromatic N) is 1. The number of hydrogen-bond donors (Lipinski definition) is 0. The Kier molecular flexibility index (Phi) is 3.08. The largest absolute Gasteiger partial charge is 0.330 e. The van der Waals surface area contributed by atoms with Gasteiger partial charge in [0.25, 0.3) is 0 Å². The number of amides is 1. The first-order chi connectivity index (χ1) is 7.47. The summed E-state index contributed by atoms with van der Waals surface area (Å²) >= 11 is 1.84. The van der Waals surface area contributed by atoms with Crippen LogP contribution in [0.15, 0.2) is 12.2 Å². The highest BCUT2D eigenvalue weighted by atomic mass is 32.2. The summed E-state index contributed by atoms with van der Waals surface area (Å²) in [4.78, 5) is 13.8. The summed E-state index contributed by atoms with van der Waals surface area (Å²) < 4.78 is 0. The molecule has 0 radical (unpaired) electrons. The van der Waals surface area contributed by atoms with Crippen molar-refractivity contribution in [3.63, 3.8) is 0 Å². The highest BCUT2D eigenvalue weighted by Gasteiger charge is 2.52. The molecule has 1 heterocycles. The minimum atomic E-state index is 0.0145. The molecule has 2 rings (SSSR count). The van der Waals surface area contributed by atoms with Gasteiger partial charge in [-0.2, -0.15) is 0 Å². The Bertz CT molecular complexity index is 328. The number of rotatable bonds is 1. The van der Waals surface area contributed by atoms with E-state index >= 15 is 0 Å². The third-order valence-electron chi connectivity index (χ3n) is 4.12. The van der Waals surface area contributed by atoms with Crippen molar-refractivity contribution in [2.75, 3.05) is 12.8 Å². The van der Waals surface area contributed by atoms with E-state index in [1.807, 2.05) is 23.7 Å². The lowest BCUT2D eigenvalue weighted by molar-refractivity contribution is -0.130. The molecule has 0 aromatic heterocycles. The maximum atomic E-state index is 11.8. The topological polar surface area (TPSA) is 20.3 Å². The molecule has 1 saturated carbocycles. The van der Waals surface area contributed by atoms with E-state index in [-0.39, 0.29) is 10.8 Å². The van der Waals surface area contributed by atoms with Crippen molar-refractivity contribution >= 4 is 17.7 Å². The Morgan fingerprint density at radius 1 is 1.56 bits per heavy atom. The first-order valence-electron chi connectivity index (χ1n) is 6.03. The van der Waals surface area contributed by atoms with Crippen molar-refractivity contribution in [2.45, 2.75) is 38.0 Å². The summed E-state index contributed by atoms with van der Waals surface area (Å²) in [5, 5.41) is 0. The van der Waals surface area contributed by atoms with E-state index in [1.54, 1.807) is 0 Å². The summed E-state index contributed by atoms with van der Waals surface area (Å²) in [7, 11) is 1.97. The number of thioether (sulfide) groups is 1. The summed E-state index contributed by atoms with van der Waals surface area (Å²) in [5.74, 6) is 2.12. The fraction of sp³-hybridized carbons (Fsp3) is 0.769. The monoisotopic (exact) mass is 239 g/mol. The second-order valence-electron chi connectivity index (χ2n) is 5.37. The van der Waals surface area contributed by atoms with Crippen LogP contribution in [0.2, 0.25) is 0 Å². The molecule has 16 heavy (non-hydrogen) atoms. The molecule has 0 aromatic rings. The van der Waals surface area contributed by atoms with E-state index < -0.39 is 0 Å². The Hall–Kier alpha value is -0.440. The fourth-order valence-corrected chi connectivity index (χ4v) is 4.96. The van der Waals surface area contributed by atoms with Crippen LogP contribution in [0.5, 0.6) is 0 Å². The highest BCUT2D eigenvalue weighted by molar-refractivity contribution is 8.01. The van der Waals surface area contributed by atoms with E-state index in [9.17, 15) is 4.79 Å². The molecule has 3 heteroatoms. The molecular weight excluding hydrogens is 218 g/mol. The van der Waals surface area contributed by atoms with E-state index in [4.69, 9.17) is 0 Å². The van der Waals surface area contributed by atoms with Crippen LogP contribution in [0.1, 0.15) is 33.1 Å². The fourth-order valence-electron chi connectivity index (χ4n) is 3.17. The summed E-state index contributed by atoms with van der Waals surface area (Å²) in [6.45, 7) is 8.54. The van der Waals surface area contributed by atoms with Crippen LogP contribution < -0.4 is 0 Å². The van der Waals surface area contributed by atoms with Crippen molar-refractivity contribution in [3.8, 4) is 0 Å². The molecule has 1 aliphatic carbocycles. The summed E-state index contributed by atoms with van der Waals surface area (Å²) in [6, 6.07) is 0. The molecule has 0 bridgehead atoms. The minimum absolute atomic E-state index is 0.0145. The molecular formula is C13H21NOS. The Balaban J connectivity index is 2.32. The number of carbonyl (C=O) groups is 1. The molecule has 2 fully saturated rings. The van der Waals surface area contributed by atoms with Crippen LogP contribution >= 0.6 is 11.8 Å². The second-order valence-corrected chi connectivity index (χ2v) is 6.66. The second kappa shape index (κ2) is 4.10. The maximum absolute atomic E-state index is 11.8. The van der Waals surface area contributed by atoms with Gasteiger partial charge in [0.2, 0.25) is 5.91 Å². The average molecular weight is 239 g/mol. The minimum Gasteiger partial charge on any atom is -0.330 e. The van der Waals surface area contributed by atoms with Crippen LogP contribution in [0.4, 0.5) is 0 Å². The number of carbonyl (C=O) groups excluding carboxylic acids is 1. The first-order valence-corrected chi connectivity index (χ1v) is 7.02. The Labute approximate surface area is 102 Å². The van der Waals surface area contributed by atoms with Crippen molar-refractivity contribution in [1.82, 2.24) is 4.90 Å². The SMILES string of the molecule is C=C(C)C1CCC(C)CC12SCC(=O)N2C. The average Bonchev–Trinajstić information content (AvgIpc) is 2.47. The van der Waals surface area contributed by atoms with Gasteiger partial charge in [0, 0.05) is 13.0 Å². The van der Waals surface area contributed by atoms with E-state index in [0.717, 1.165) is 12.3 Å². The van der Waals surface area contributed by atoms with Crippen LogP contribution in [0.3, 0.4) is 0 Å². The molecule has 2 nitrogen and oxygen atoms in total. The van der Waals surface area contributed by atoms with Gasteiger partial charge in [-0.15, -0.1) is 11.8 Å². The van der Waals surface area contributed by atoms with Gasteiger partial charge < -0.3 is 4.90 Å².